The van der Waals surface area contributed by atoms with Crippen LogP contribution in [0.5, 0.6) is 11.5 Å². The smallest absolute Gasteiger partial charge is 0.161 e. The molecule has 96 valence electrons. The topological polar surface area (TPSA) is 73.3 Å². The highest BCUT2D eigenvalue weighted by molar-refractivity contribution is 5.38. The molecule has 1 aromatic carbocycles. The standard InChI is InChI=1S/C13H17N3O2/c1-9(2)16-13(14)7-10(15-16)8-18-12-6-4-3-5-11(12)17/h3-7,9,17H,8,14H2,1-2H3. The SMILES string of the molecule is CC(C)n1nc(COc2ccccc2O)cc1N. The maximum atomic E-state index is 9.56. The Labute approximate surface area is 106 Å². The fraction of sp³-hybridized carbons (Fsp3) is 0.308. The van der Waals surface area contributed by atoms with E-state index in [9.17, 15) is 5.11 Å². The van der Waals surface area contributed by atoms with Crippen molar-refractivity contribution in [3.63, 3.8) is 0 Å². The lowest BCUT2D eigenvalue weighted by Gasteiger charge is -2.07. The molecule has 18 heavy (non-hydrogen) atoms. The average Bonchev–Trinajstić information content (AvgIpc) is 2.70. The number of aromatic hydroxyl groups is 1. The summed E-state index contributed by atoms with van der Waals surface area (Å²) in [7, 11) is 0. The summed E-state index contributed by atoms with van der Waals surface area (Å²) in [5, 5.41) is 13.9. The fourth-order valence-electron chi connectivity index (χ4n) is 1.68. The summed E-state index contributed by atoms with van der Waals surface area (Å²) < 4.78 is 7.23. The molecule has 5 nitrogen and oxygen atoms in total. The van der Waals surface area contributed by atoms with Gasteiger partial charge in [0.15, 0.2) is 11.5 Å². The van der Waals surface area contributed by atoms with Crippen LogP contribution < -0.4 is 10.5 Å². The third kappa shape index (κ3) is 2.56. The first-order chi connectivity index (χ1) is 8.58. The van der Waals surface area contributed by atoms with Gasteiger partial charge in [0.2, 0.25) is 0 Å². The Morgan fingerprint density at radius 3 is 2.72 bits per heavy atom. The number of nitrogen functional groups attached to an aromatic ring is 1. The zero-order chi connectivity index (χ0) is 13.1. The summed E-state index contributed by atoms with van der Waals surface area (Å²) in [6.07, 6.45) is 0. The Morgan fingerprint density at radius 2 is 2.11 bits per heavy atom. The van der Waals surface area contributed by atoms with Gasteiger partial charge in [-0.3, -0.25) is 0 Å². The van der Waals surface area contributed by atoms with Gasteiger partial charge in [0.05, 0.1) is 0 Å². The minimum Gasteiger partial charge on any atom is -0.504 e. The average molecular weight is 247 g/mol. The van der Waals surface area contributed by atoms with E-state index in [1.165, 1.54) is 0 Å². The van der Waals surface area contributed by atoms with Gasteiger partial charge in [0, 0.05) is 12.1 Å². The summed E-state index contributed by atoms with van der Waals surface area (Å²) >= 11 is 0. The number of hydrogen-bond donors (Lipinski definition) is 2. The van der Waals surface area contributed by atoms with Crippen LogP contribution >= 0.6 is 0 Å². The molecule has 5 heteroatoms. The first kappa shape index (κ1) is 12.3. The maximum absolute atomic E-state index is 9.56. The molecule has 0 aliphatic carbocycles. The van der Waals surface area contributed by atoms with Crippen molar-refractivity contribution in [2.75, 3.05) is 5.73 Å². The van der Waals surface area contributed by atoms with E-state index in [1.54, 1.807) is 35.0 Å². The number of anilines is 1. The molecule has 2 aromatic rings. The van der Waals surface area contributed by atoms with Crippen LogP contribution in [-0.4, -0.2) is 14.9 Å². The van der Waals surface area contributed by atoms with Crippen molar-refractivity contribution in [3.05, 3.63) is 36.0 Å². The molecule has 0 saturated carbocycles. The van der Waals surface area contributed by atoms with E-state index in [2.05, 4.69) is 5.10 Å². The number of rotatable bonds is 4. The van der Waals surface area contributed by atoms with Crippen LogP contribution in [0, 0.1) is 0 Å². The second-order valence-electron chi connectivity index (χ2n) is 4.36. The van der Waals surface area contributed by atoms with Crippen LogP contribution in [-0.2, 0) is 6.61 Å². The van der Waals surface area contributed by atoms with Gasteiger partial charge in [-0.1, -0.05) is 12.1 Å². The Hall–Kier alpha value is -2.17. The van der Waals surface area contributed by atoms with Gasteiger partial charge >= 0.3 is 0 Å². The maximum Gasteiger partial charge on any atom is 0.161 e. The first-order valence-corrected chi connectivity index (χ1v) is 5.82. The second kappa shape index (κ2) is 5.00. The summed E-state index contributed by atoms with van der Waals surface area (Å²) in [5.74, 6) is 1.17. The molecular weight excluding hydrogens is 230 g/mol. The van der Waals surface area contributed by atoms with E-state index in [0.717, 1.165) is 5.69 Å². The number of ether oxygens (including phenoxy) is 1. The molecule has 0 aliphatic rings. The third-order valence-corrected chi connectivity index (χ3v) is 2.55. The Morgan fingerprint density at radius 1 is 1.39 bits per heavy atom. The number of phenols is 1. The van der Waals surface area contributed by atoms with Gasteiger partial charge in [0.25, 0.3) is 0 Å². The lowest BCUT2D eigenvalue weighted by Crippen LogP contribution is -2.07. The molecule has 0 aliphatic heterocycles. The van der Waals surface area contributed by atoms with Gasteiger partial charge in [-0.05, 0) is 26.0 Å². The highest BCUT2D eigenvalue weighted by Gasteiger charge is 2.09. The summed E-state index contributed by atoms with van der Waals surface area (Å²) in [6.45, 7) is 4.30. The van der Waals surface area contributed by atoms with Crippen molar-refractivity contribution in [1.82, 2.24) is 9.78 Å². The summed E-state index contributed by atoms with van der Waals surface area (Å²) in [6, 6.07) is 8.82. The van der Waals surface area contributed by atoms with Crippen LogP contribution in [0.15, 0.2) is 30.3 Å². The zero-order valence-electron chi connectivity index (χ0n) is 10.5. The predicted octanol–water partition coefficient (Wildman–Crippen LogP) is 2.33. The Bertz CT molecular complexity index is 535. The van der Waals surface area contributed by atoms with Gasteiger partial charge in [-0.15, -0.1) is 0 Å². The molecule has 0 unspecified atom stereocenters. The molecule has 3 N–H and O–H groups in total. The number of benzene rings is 1. The molecular formula is C13H17N3O2. The van der Waals surface area contributed by atoms with Crippen LogP contribution in [0.3, 0.4) is 0 Å². The van der Waals surface area contributed by atoms with E-state index in [1.807, 2.05) is 13.8 Å². The molecule has 0 spiro atoms. The summed E-state index contributed by atoms with van der Waals surface area (Å²) in [4.78, 5) is 0. The van der Waals surface area contributed by atoms with Gasteiger partial charge < -0.3 is 15.6 Å². The van der Waals surface area contributed by atoms with Crippen LogP contribution in [0.2, 0.25) is 0 Å². The Balaban J connectivity index is 2.07. The van der Waals surface area contributed by atoms with Gasteiger partial charge in [-0.2, -0.15) is 5.10 Å². The minimum atomic E-state index is 0.119. The highest BCUT2D eigenvalue weighted by Crippen LogP contribution is 2.25. The minimum absolute atomic E-state index is 0.119. The van der Waals surface area contributed by atoms with E-state index >= 15 is 0 Å². The fourth-order valence-corrected chi connectivity index (χ4v) is 1.68. The van der Waals surface area contributed by atoms with Crippen molar-refractivity contribution >= 4 is 5.82 Å². The monoisotopic (exact) mass is 247 g/mol. The van der Waals surface area contributed by atoms with Gasteiger partial charge in [-0.25, -0.2) is 4.68 Å². The van der Waals surface area contributed by atoms with Crippen molar-refractivity contribution < 1.29 is 9.84 Å². The number of hydrogen-bond acceptors (Lipinski definition) is 4. The molecule has 0 amide bonds. The molecule has 1 aromatic heterocycles. The van der Waals surface area contributed by atoms with E-state index < -0.39 is 0 Å². The number of para-hydroxylation sites is 2. The first-order valence-electron chi connectivity index (χ1n) is 5.82. The lowest BCUT2D eigenvalue weighted by atomic mass is 10.3. The van der Waals surface area contributed by atoms with Crippen molar-refractivity contribution in [1.29, 1.82) is 0 Å². The molecule has 1 heterocycles. The zero-order valence-corrected chi connectivity index (χ0v) is 10.5. The van der Waals surface area contributed by atoms with Crippen molar-refractivity contribution in [2.24, 2.45) is 0 Å². The van der Waals surface area contributed by atoms with E-state index in [0.29, 0.717) is 11.6 Å². The van der Waals surface area contributed by atoms with Crippen molar-refractivity contribution in [2.45, 2.75) is 26.5 Å². The van der Waals surface area contributed by atoms with Crippen LogP contribution in [0.4, 0.5) is 5.82 Å². The highest BCUT2D eigenvalue weighted by atomic mass is 16.5. The molecule has 0 bridgehead atoms. The molecule has 2 rings (SSSR count). The second-order valence-corrected chi connectivity index (χ2v) is 4.36. The molecule has 0 radical (unpaired) electrons. The quantitative estimate of drug-likeness (QED) is 0.869. The van der Waals surface area contributed by atoms with E-state index in [4.69, 9.17) is 10.5 Å². The third-order valence-electron chi connectivity index (χ3n) is 2.55. The largest absolute Gasteiger partial charge is 0.504 e. The number of aromatic nitrogens is 2. The summed E-state index contributed by atoms with van der Waals surface area (Å²) in [5.41, 5.74) is 6.58. The molecule has 0 atom stereocenters. The predicted molar refractivity (Wildman–Crippen MR) is 69.5 cm³/mol. The molecule has 0 fully saturated rings. The molecule has 0 saturated heterocycles. The number of nitrogens with zero attached hydrogens (tertiary/aromatic N) is 2. The van der Waals surface area contributed by atoms with Gasteiger partial charge in [0.1, 0.15) is 18.1 Å². The Kier molecular flexibility index (Phi) is 3.41. The van der Waals surface area contributed by atoms with Crippen molar-refractivity contribution in [3.8, 4) is 11.5 Å². The lowest BCUT2D eigenvalue weighted by molar-refractivity contribution is 0.283. The van der Waals surface area contributed by atoms with E-state index in [-0.39, 0.29) is 18.4 Å². The normalized spacial score (nSPS) is 10.8. The van der Waals surface area contributed by atoms with Crippen LogP contribution in [0.1, 0.15) is 25.6 Å². The number of nitrogens with two attached hydrogens (primary N) is 1. The van der Waals surface area contributed by atoms with Crippen LogP contribution in [0.25, 0.3) is 0 Å². The number of phenolic OH excluding ortho intramolecular Hbond substituents is 1.